The molecule has 20 heavy (non-hydrogen) atoms. The van der Waals surface area contributed by atoms with Gasteiger partial charge in [-0.15, -0.1) is 0 Å². The van der Waals surface area contributed by atoms with Crippen molar-refractivity contribution >= 4 is 46.1 Å². The average molecular weight is 406 g/mol. The number of benzene rings is 1. The summed E-state index contributed by atoms with van der Waals surface area (Å²) in [6.45, 7) is 0. The monoisotopic (exact) mass is 405 g/mol. The molecule has 3 unspecified atom stereocenters. The second kappa shape index (κ2) is 5.18. The van der Waals surface area contributed by atoms with Crippen LogP contribution in [0.25, 0.3) is 0 Å². The second-order valence-corrected chi connectivity index (χ2v) is 6.91. The highest BCUT2D eigenvalue weighted by molar-refractivity contribution is 14.1. The number of hydrogen-bond donors (Lipinski definition) is 1. The van der Waals surface area contributed by atoms with Crippen molar-refractivity contribution in [2.45, 2.75) is 31.3 Å². The minimum Gasteiger partial charge on any atom is -0.481 e. The van der Waals surface area contributed by atoms with Crippen LogP contribution in [0.4, 0.5) is 0 Å². The normalized spacial score (nSPS) is 27.9. The van der Waals surface area contributed by atoms with Gasteiger partial charge in [0, 0.05) is 20.7 Å². The van der Waals surface area contributed by atoms with Crippen molar-refractivity contribution in [3.05, 3.63) is 32.4 Å². The molecule has 3 atom stereocenters. The fraction of sp³-hybridized carbons (Fsp3) is 0.429. The lowest BCUT2D eigenvalue weighted by atomic mass is 9.89. The van der Waals surface area contributed by atoms with E-state index in [2.05, 4.69) is 22.6 Å². The quantitative estimate of drug-likeness (QED) is 0.770. The molecule has 2 aliphatic rings. The molecule has 2 aliphatic heterocycles. The molecule has 2 heterocycles. The van der Waals surface area contributed by atoms with Gasteiger partial charge in [0.25, 0.3) is 5.91 Å². The Hall–Kier alpha value is -0.820. The molecule has 1 aromatic carbocycles. The van der Waals surface area contributed by atoms with E-state index in [9.17, 15) is 14.7 Å². The number of nitrogens with zero attached hydrogens (tertiary/aromatic N) is 1. The molecule has 2 saturated heterocycles. The van der Waals surface area contributed by atoms with Crippen molar-refractivity contribution in [2.75, 3.05) is 0 Å². The third-order valence-electron chi connectivity index (χ3n) is 4.25. The van der Waals surface area contributed by atoms with Gasteiger partial charge in [0.2, 0.25) is 0 Å². The smallest absolute Gasteiger partial charge is 0.308 e. The Morgan fingerprint density at radius 2 is 2.10 bits per heavy atom. The molecule has 4 nitrogen and oxygen atoms in total. The van der Waals surface area contributed by atoms with E-state index in [0.29, 0.717) is 17.0 Å². The molecule has 1 aromatic rings. The van der Waals surface area contributed by atoms with Crippen LogP contribution in [0.3, 0.4) is 0 Å². The van der Waals surface area contributed by atoms with Crippen molar-refractivity contribution < 1.29 is 14.7 Å². The van der Waals surface area contributed by atoms with Gasteiger partial charge in [-0.25, -0.2) is 0 Å². The molecular formula is C14H13ClINO3. The van der Waals surface area contributed by atoms with Crippen molar-refractivity contribution in [1.82, 2.24) is 4.90 Å². The van der Waals surface area contributed by atoms with Crippen LogP contribution in [0.5, 0.6) is 0 Å². The number of aliphatic carboxylic acids is 1. The summed E-state index contributed by atoms with van der Waals surface area (Å²) in [4.78, 5) is 25.7. The first-order valence-corrected chi connectivity index (χ1v) is 7.95. The molecule has 2 fully saturated rings. The highest BCUT2D eigenvalue weighted by Crippen LogP contribution is 2.43. The number of carboxylic acids is 1. The van der Waals surface area contributed by atoms with Gasteiger partial charge in [-0.3, -0.25) is 9.59 Å². The first-order chi connectivity index (χ1) is 9.49. The van der Waals surface area contributed by atoms with E-state index in [1.54, 1.807) is 17.0 Å². The van der Waals surface area contributed by atoms with Gasteiger partial charge in [-0.2, -0.15) is 0 Å². The van der Waals surface area contributed by atoms with Gasteiger partial charge in [0.1, 0.15) is 0 Å². The van der Waals surface area contributed by atoms with E-state index in [1.165, 1.54) is 0 Å². The van der Waals surface area contributed by atoms with Gasteiger partial charge in [-0.05, 0) is 60.1 Å². The van der Waals surface area contributed by atoms with Crippen LogP contribution in [0, 0.1) is 9.49 Å². The van der Waals surface area contributed by atoms with Crippen molar-refractivity contribution in [3.63, 3.8) is 0 Å². The lowest BCUT2D eigenvalue weighted by Crippen LogP contribution is -2.38. The molecule has 2 bridgehead atoms. The van der Waals surface area contributed by atoms with Crippen molar-refractivity contribution in [1.29, 1.82) is 0 Å². The molecule has 106 valence electrons. The Kier molecular flexibility index (Phi) is 3.66. The summed E-state index contributed by atoms with van der Waals surface area (Å²) in [5.41, 5.74) is 0.570. The van der Waals surface area contributed by atoms with Crippen LogP contribution in [-0.2, 0) is 4.79 Å². The number of rotatable bonds is 2. The standard InChI is InChI=1S/C14H13ClINO3/c15-7-1-3-11(16)9(5-7)13(18)17-8-2-4-12(17)10(6-8)14(19)20/h1,3,5,8,10,12H,2,4,6H2,(H,19,20). The Balaban J connectivity index is 1.92. The molecule has 0 aromatic heterocycles. The minimum atomic E-state index is -0.796. The van der Waals surface area contributed by atoms with Crippen LogP contribution in [0.2, 0.25) is 5.02 Å². The lowest BCUT2D eigenvalue weighted by molar-refractivity contribution is -0.142. The minimum absolute atomic E-state index is 0.0587. The third kappa shape index (κ3) is 2.20. The molecule has 1 amide bonds. The summed E-state index contributed by atoms with van der Waals surface area (Å²) in [5, 5.41) is 9.77. The van der Waals surface area contributed by atoms with E-state index in [4.69, 9.17) is 11.6 Å². The van der Waals surface area contributed by atoms with Crippen molar-refractivity contribution in [2.24, 2.45) is 5.92 Å². The number of halogens is 2. The number of carbonyl (C=O) groups excluding carboxylic acids is 1. The molecule has 0 radical (unpaired) electrons. The Morgan fingerprint density at radius 1 is 1.35 bits per heavy atom. The van der Waals surface area contributed by atoms with Crippen LogP contribution in [0.15, 0.2) is 18.2 Å². The molecule has 1 N–H and O–H groups in total. The summed E-state index contributed by atoms with van der Waals surface area (Å²) in [7, 11) is 0. The van der Waals surface area contributed by atoms with Crippen molar-refractivity contribution in [3.8, 4) is 0 Å². The molecule has 0 aliphatic carbocycles. The lowest BCUT2D eigenvalue weighted by Gasteiger charge is -2.23. The van der Waals surface area contributed by atoms with Gasteiger partial charge in [0.15, 0.2) is 0 Å². The van der Waals surface area contributed by atoms with Crippen LogP contribution >= 0.6 is 34.2 Å². The van der Waals surface area contributed by atoms with E-state index in [1.807, 2.05) is 6.07 Å². The number of fused-ring (bicyclic) bond motifs is 2. The predicted octanol–water partition coefficient (Wildman–Crippen LogP) is 3.02. The fourth-order valence-corrected chi connectivity index (χ4v) is 4.11. The Bertz CT molecular complexity index is 592. The summed E-state index contributed by atoms with van der Waals surface area (Å²) >= 11 is 8.08. The van der Waals surface area contributed by atoms with Crippen LogP contribution in [0.1, 0.15) is 29.6 Å². The van der Waals surface area contributed by atoms with E-state index in [-0.39, 0.29) is 18.0 Å². The first-order valence-electron chi connectivity index (χ1n) is 6.49. The summed E-state index contributed by atoms with van der Waals surface area (Å²) < 4.78 is 0.843. The topological polar surface area (TPSA) is 57.6 Å². The van der Waals surface area contributed by atoms with E-state index < -0.39 is 11.9 Å². The molecule has 6 heteroatoms. The fourth-order valence-electron chi connectivity index (χ4n) is 3.37. The van der Waals surface area contributed by atoms with Gasteiger partial charge in [-0.1, -0.05) is 11.6 Å². The zero-order valence-electron chi connectivity index (χ0n) is 10.6. The van der Waals surface area contributed by atoms with Crippen LogP contribution < -0.4 is 0 Å². The number of hydrogen-bond acceptors (Lipinski definition) is 2. The largest absolute Gasteiger partial charge is 0.481 e. The number of carboxylic acid groups (broad SMARTS) is 1. The molecule has 0 spiro atoms. The van der Waals surface area contributed by atoms with E-state index >= 15 is 0 Å². The predicted molar refractivity (Wildman–Crippen MR) is 82.9 cm³/mol. The third-order valence-corrected chi connectivity index (χ3v) is 5.42. The summed E-state index contributed by atoms with van der Waals surface area (Å²) in [6.07, 6.45) is 2.25. The second-order valence-electron chi connectivity index (χ2n) is 5.32. The van der Waals surface area contributed by atoms with E-state index in [0.717, 1.165) is 16.4 Å². The summed E-state index contributed by atoms with van der Waals surface area (Å²) in [5.74, 6) is -1.31. The average Bonchev–Trinajstić information content (AvgIpc) is 2.98. The highest BCUT2D eigenvalue weighted by Gasteiger charge is 2.51. The molecule has 3 rings (SSSR count). The zero-order chi connectivity index (χ0) is 14.4. The maximum Gasteiger partial charge on any atom is 0.308 e. The van der Waals surface area contributed by atoms with Crippen LogP contribution in [-0.4, -0.2) is 34.0 Å². The Morgan fingerprint density at radius 3 is 2.75 bits per heavy atom. The van der Waals surface area contributed by atoms with Gasteiger partial charge >= 0.3 is 5.97 Å². The highest BCUT2D eigenvalue weighted by atomic mass is 127. The van der Waals surface area contributed by atoms with Gasteiger partial charge in [0.05, 0.1) is 11.5 Å². The maximum atomic E-state index is 12.7. The zero-order valence-corrected chi connectivity index (χ0v) is 13.5. The first kappa shape index (κ1) is 14.1. The Labute approximate surface area is 135 Å². The SMILES string of the molecule is O=C(O)C1CC2CCC1N2C(=O)c1cc(Cl)ccc1I. The number of carbonyl (C=O) groups is 2. The summed E-state index contributed by atoms with van der Waals surface area (Å²) in [6, 6.07) is 5.11. The van der Waals surface area contributed by atoms with Gasteiger partial charge < -0.3 is 10.0 Å². The molecule has 0 saturated carbocycles. The number of amides is 1. The molecular weight excluding hydrogens is 393 g/mol. The maximum absolute atomic E-state index is 12.7.